The van der Waals surface area contributed by atoms with Crippen molar-refractivity contribution in [2.24, 2.45) is 0 Å². The van der Waals surface area contributed by atoms with Gasteiger partial charge in [-0.05, 0) is 49.1 Å². The fourth-order valence-corrected chi connectivity index (χ4v) is 3.93. The maximum atomic E-state index is 12.9. The Morgan fingerprint density at radius 2 is 1.90 bits per heavy atom. The van der Waals surface area contributed by atoms with Gasteiger partial charge in [-0.2, -0.15) is 0 Å². The van der Waals surface area contributed by atoms with Crippen molar-refractivity contribution in [2.75, 3.05) is 19.6 Å². The summed E-state index contributed by atoms with van der Waals surface area (Å²) in [7, 11) is 0. The lowest BCUT2D eigenvalue weighted by atomic mass is 9.96. The van der Waals surface area contributed by atoms with Crippen molar-refractivity contribution in [3.63, 3.8) is 0 Å². The zero-order valence-electron chi connectivity index (χ0n) is 17.4. The monoisotopic (exact) mass is 388 g/mol. The van der Waals surface area contributed by atoms with E-state index in [2.05, 4.69) is 25.0 Å². The Bertz CT molecular complexity index is 930. The van der Waals surface area contributed by atoms with Gasteiger partial charge in [-0.3, -0.25) is 9.59 Å². The molecular weight excluding hydrogens is 360 g/mol. The smallest absolute Gasteiger partial charge is 0.253 e. The molecule has 1 fully saturated rings. The Balaban J connectivity index is 1.61. The van der Waals surface area contributed by atoms with Gasteiger partial charge in [0.2, 0.25) is 5.91 Å². The minimum Gasteiger partial charge on any atom is -0.336 e. The summed E-state index contributed by atoms with van der Waals surface area (Å²) in [5.74, 6) is 2.94. The quantitative estimate of drug-likeness (QED) is 0.747. The number of hydrogen-bond donors (Lipinski definition) is 0. The molecule has 2 amide bonds. The van der Waals surface area contributed by atoms with E-state index in [4.69, 9.17) is 6.42 Å². The molecule has 29 heavy (non-hydrogen) atoms. The fourth-order valence-electron chi connectivity index (χ4n) is 3.93. The summed E-state index contributed by atoms with van der Waals surface area (Å²) in [6, 6.07) is 15.6. The van der Waals surface area contributed by atoms with Gasteiger partial charge < -0.3 is 9.80 Å². The second-order valence-corrected chi connectivity index (χ2v) is 7.88. The number of carbonyl (C=O) groups excluding carboxylic acids is 2. The van der Waals surface area contributed by atoms with Crippen LogP contribution < -0.4 is 0 Å². The van der Waals surface area contributed by atoms with Gasteiger partial charge in [-0.25, -0.2) is 0 Å². The number of aryl methyl sites for hydroxylation is 1. The van der Waals surface area contributed by atoms with E-state index < -0.39 is 0 Å². The molecule has 1 aliphatic rings. The molecule has 2 atom stereocenters. The normalized spacial score (nSPS) is 17.5. The summed E-state index contributed by atoms with van der Waals surface area (Å²) in [4.78, 5) is 29.5. The molecule has 2 aromatic carbocycles. The first kappa shape index (κ1) is 20.7. The summed E-state index contributed by atoms with van der Waals surface area (Å²) in [6.07, 6.45) is 5.95. The van der Waals surface area contributed by atoms with Gasteiger partial charge in [-0.15, -0.1) is 6.42 Å². The second-order valence-electron chi connectivity index (χ2n) is 7.88. The fraction of sp³-hybridized carbons (Fsp3) is 0.360. The zero-order chi connectivity index (χ0) is 21.0. The molecule has 2 aromatic rings. The van der Waals surface area contributed by atoms with Crippen molar-refractivity contribution in [3.8, 4) is 12.3 Å². The zero-order valence-corrected chi connectivity index (χ0v) is 17.4. The largest absolute Gasteiger partial charge is 0.336 e. The Hall–Kier alpha value is -3.06. The number of carbonyl (C=O) groups is 2. The number of piperazine rings is 1. The maximum absolute atomic E-state index is 12.9. The second kappa shape index (κ2) is 8.96. The third-order valence-electron chi connectivity index (χ3n) is 5.71. The standard InChI is InChI=1S/C25H28N2O2/c1-5-21-11-12-23(15-18(21)2)25(29)26-13-14-27(20(4)17-26)24(28)16-19(3)22-9-7-6-8-10-22/h1,6-12,15,19-20H,13-14,16-17H2,2-4H3/t19-,20?/m0/s1. The summed E-state index contributed by atoms with van der Waals surface area (Å²) in [5.41, 5.74) is 3.55. The van der Waals surface area contributed by atoms with Crippen molar-refractivity contribution in [2.45, 2.75) is 39.2 Å². The van der Waals surface area contributed by atoms with E-state index >= 15 is 0 Å². The molecule has 1 aliphatic heterocycles. The van der Waals surface area contributed by atoms with Gasteiger partial charge in [-0.1, -0.05) is 43.2 Å². The average molecular weight is 389 g/mol. The molecular formula is C25H28N2O2. The molecule has 1 saturated heterocycles. The number of terminal acetylenes is 1. The highest BCUT2D eigenvalue weighted by molar-refractivity contribution is 5.95. The van der Waals surface area contributed by atoms with Crippen LogP contribution in [0.5, 0.6) is 0 Å². The van der Waals surface area contributed by atoms with Crippen LogP contribution in [0.2, 0.25) is 0 Å². The minimum atomic E-state index is -0.00623. The van der Waals surface area contributed by atoms with Crippen LogP contribution >= 0.6 is 0 Å². The number of hydrogen-bond acceptors (Lipinski definition) is 2. The van der Waals surface area contributed by atoms with Crippen molar-refractivity contribution in [3.05, 3.63) is 70.8 Å². The van der Waals surface area contributed by atoms with Crippen molar-refractivity contribution in [1.82, 2.24) is 9.80 Å². The third kappa shape index (κ3) is 4.68. The van der Waals surface area contributed by atoms with Gasteiger partial charge in [0.05, 0.1) is 0 Å². The van der Waals surface area contributed by atoms with Crippen LogP contribution in [0.4, 0.5) is 0 Å². The highest BCUT2D eigenvalue weighted by Gasteiger charge is 2.30. The first-order valence-electron chi connectivity index (χ1n) is 10.1. The van der Waals surface area contributed by atoms with Crippen LogP contribution in [-0.2, 0) is 4.79 Å². The molecule has 1 unspecified atom stereocenters. The lowest BCUT2D eigenvalue weighted by molar-refractivity contribution is -0.135. The van der Waals surface area contributed by atoms with Gasteiger partial charge in [0.25, 0.3) is 5.91 Å². The predicted molar refractivity (Wildman–Crippen MR) is 116 cm³/mol. The summed E-state index contributed by atoms with van der Waals surface area (Å²) < 4.78 is 0. The molecule has 0 spiro atoms. The summed E-state index contributed by atoms with van der Waals surface area (Å²) in [6.45, 7) is 7.66. The molecule has 150 valence electrons. The van der Waals surface area contributed by atoms with Crippen molar-refractivity contribution >= 4 is 11.8 Å². The van der Waals surface area contributed by atoms with E-state index in [0.29, 0.717) is 31.6 Å². The van der Waals surface area contributed by atoms with Gasteiger partial charge in [0.1, 0.15) is 0 Å². The van der Waals surface area contributed by atoms with Crippen molar-refractivity contribution in [1.29, 1.82) is 0 Å². The summed E-state index contributed by atoms with van der Waals surface area (Å²) in [5, 5.41) is 0. The number of nitrogens with zero attached hydrogens (tertiary/aromatic N) is 2. The molecule has 4 nitrogen and oxygen atoms in total. The van der Waals surface area contributed by atoms with E-state index in [0.717, 1.165) is 11.1 Å². The molecule has 0 aromatic heterocycles. The molecule has 3 rings (SSSR count). The topological polar surface area (TPSA) is 40.6 Å². The predicted octanol–water partition coefficient (Wildman–Crippen LogP) is 3.84. The molecule has 0 bridgehead atoms. The van der Waals surface area contributed by atoms with E-state index in [9.17, 15) is 9.59 Å². The lowest BCUT2D eigenvalue weighted by Crippen LogP contribution is -2.55. The van der Waals surface area contributed by atoms with Gasteiger partial charge in [0, 0.05) is 43.2 Å². The van der Waals surface area contributed by atoms with Crippen LogP contribution in [0.25, 0.3) is 0 Å². The first-order chi connectivity index (χ1) is 13.9. The number of benzene rings is 2. The average Bonchev–Trinajstić information content (AvgIpc) is 2.73. The highest BCUT2D eigenvalue weighted by Crippen LogP contribution is 2.22. The lowest BCUT2D eigenvalue weighted by Gasteiger charge is -2.40. The van der Waals surface area contributed by atoms with Crippen molar-refractivity contribution < 1.29 is 9.59 Å². The van der Waals surface area contributed by atoms with E-state index in [1.807, 2.05) is 54.0 Å². The Morgan fingerprint density at radius 3 is 2.52 bits per heavy atom. The Labute approximate surface area is 173 Å². The molecule has 4 heteroatoms. The Morgan fingerprint density at radius 1 is 1.17 bits per heavy atom. The van der Waals surface area contributed by atoms with E-state index in [1.54, 1.807) is 6.07 Å². The van der Waals surface area contributed by atoms with Gasteiger partial charge >= 0.3 is 0 Å². The maximum Gasteiger partial charge on any atom is 0.253 e. The van der Waals surface area contributed by atoms with Crippen LogP contribution in [0.3, 0.4) is 0 Å². The first-order valence-corrected chi connectivity index (χ1v) is 10.1. The molecule has 1 heterocycles. The van der Waals surface area contributed by atoms with E-state index in [-0.39, 0.29) is 23.8 Å². The summed E-state index contributed by atoms with van der Waals surface area (Å²) >= 11 is 0. The van der Waals surface area contributed by atoms with Crippen LogP contribution in [0.1, 0.15) is 53.2 Å². The SMILES string of the molecule is C#Cc1ccc(C(=O)N2CCN(C(=O)C[C@H](C)c3ccccc3)C(C)C2)cc1C. The molecule has 0 radical (unpaired) electrons. The van der Waals surface area contributed by atoms with Gasteiger partial charge in [0.15, 0.2) is 0 Å². The molecule has 0 aliphatic carbocycles. The van der Waals surface area contributed by atoms with Crippen LogP contribution in [0, 0.1) is 19.3 Å². The van der Waals surface area contributed by atoms with E-state index in [1.165, 1.54) is 5.56 Å². The minimum absolute atomic E-state index is 0.00532. The number of amides is 2. The Kier molecular flexibility index (Phi) is 6.39. The van der Waals surface area contributed by atoms with Crippen LogP contribution in [0.15, 0.2) is 48.5 Å². The number of rotatable bonds is 4. The highest BCUT2D eigenvalue weighted by atomic mass is 16.2. The molecule has 0 saturated carbocycles. The van der Waals surface area contributed by atoms with Crippen LogP contribution in [-0.4, -0.2) is 47.3 Å². The molecule has 0 N–H and O–H groups in total. The third-order valence-corrected chi connectivity index (χ3v) is 5.71.